The Morgan fingerprint density at radius 3 is 1.88 bits per heavy atom. The van der Waals surface area contributed by atoms with Crippen LogP contribution in [0.4, 0.5) is 0 Å². The van der Waals surface area contributed by atoms with Crippen LogP contribution in [0.2, 0.25) is 0 Å². The molecule has 0 saturated heterocycles. The van der Waals surface area contributed by atoms with Crippen LogP contribution in [0.15, 0.2) is 150 Å². The Hall–Kier alpha value is -5.92. The molecule has 7 aromatic carbocycles. The molecule has 1 heteroatoms. The van der Waals surface area contributed by atoms with Crippen molar-refractivity contribution in [1.29, 1.82) is 0 Å². The topological polar surface area (TPSA) is 13.1 Å². The SMILES string of the molecule is C/C=c1/c(-c2ccc3c(c2)-c2cc4cc5oc6ccccc6c5cc4cc2C3(C)C)ccccccc(-c2cccc3ccccc23)/c1=C/C. The quantitative estimate of drug-likeness (QED) is 0.183. The van der Waals surface area contributed by atoms with Crippen LogP contribution in [0, 0.1) is 0 Å². The number of hydrogen-bond acceptors (Lipinski definition) is 1. The highest BCUT2D eigenvalue weighted by Gasteiger charge is 2.36. The van der Waals surface area contributed by atoms with Crippen molar-refractivity contribution in [2.24, 2.45) is 0 Å². The maximum atomic E-state index is 6.30. The van der Waals surface area contributed by atoms with Gasteiger partial charge in [-0.05, 0) is 127 Å². The van der Waals surface area contributed by atoms with Crippen LogP contribution in [-0.4, -0.2) is 0 Å². The van der Waals surface area contributed by atoms with Gasteiger partial charge in [0, 0.05) is 16.2 Å². The van der Waals surface area contributed by atoms with Gasteiger partial charge in [0.15, 0.2) is 0 Å². The highest BCUT2D eigenvalue weighted by atomic mass is 16.3. The number of fused-ring (bicyclic) bond motifs is 8. The number of hydrogen-bond donors (Lipinski definition) is 0. The predicted molar refractivity (Wildman–Crippen MR) is 214 cm³/mol. The minimum atomic E-state index is -0.123. The molecule has 0 fully saturated rings. The summed E-state index contributed by atoms with van der Waals surface area (Å²) in [4.78, 5) is 0. The highest BCUT2D eigenvalue weighted by molar-refractivity contribution is 6.11. The molecule has 0 amide bonds. The summed E-state index contributed by atoms with van der Waals surface area (Å²) in [5, 5.41) is 9.72. The lowest BCUT2D eigenvalue weighted by atomic mass is 9.81. The highest BCUT2D eigenvalue weighted by Crippen LogP contribution is 2.51. The molecule has 1 aromatic heterocycles. The van der Waals surface area contributed by atoms with E-state index in [0.717, 1.165) is 11.2 Å². The molecule has 8 aromatic rings. The largest absolute Gasteiger partial charge is 0.456 e. The van der Waals surface area contributed by atoms with E-state index < -0.39 is 0 Å². The molecule has 1 nitrogen and oxygen atoms in total. The number of rotatable bonds is 2. The van der Waals surface area contributed by atoms with E-state index in [1.54, 1.807) is 0 Å². The van der Waals surface area contributed by atoms with Crippen LogP contribution in [0.5, 0.6) is 0 Å². The second kappa shape index (κ2) is 11.6. The fraction of sp³-hybridized carbons (Fsp3) is 0.102. The molecule has 1 aliphatic rings. The third-order valence-electron chi connectivity index (χ3n) is 10.8. The summed E-state index contributed by atoms with van der Waals surface area (Å²) in [7, 11) is 0. The lowest BCUT2D eigenvalue weighted by Crippen LogP contribution is -2.27. The van der Waals surface area contributed by atoms with Gasteiger partial charge in [-0.2, -0.15) is 0 Å². The Kier molecular flexibility index (Phi) is 7.00. The van der Waals surface area contributed by atoms with E-state index in [1.807, 2.05) is 6.07 Å². The van der Waals surface area contributed by atoms with Crippen molar-refractivity contribution >= 4 is 55.6 Å². The van der Waals surface area contributed by atoms with Crippen molar-refractivity contribution < 1.29 is 4.42 Å². The average Bonchev–Trinajstić information content (AvgIpc) is 3.61. The van der Waals surface area contributed by atoms with E-state index in [4.69, 9.17) is 4.42 Å². The van der Waals surface area contributed by atoms with E-state index in [9.17, 15) is 0 Å². The maximum absolute atomic E-state index is 6.30. The van der Waals surface area contributed by atoms with Gasteiger partial charge < -0.3 is 4.42 Å². The predicted octanol–water partition coefficient (Wildman–Crippen LogP) is 12.3. The van der Waals surface area contributed by atoms with Crippen molar-refractivity contribution in [1.82, 2.24) is 0 Å². The van der Waals surface area contributed by atoms with Crippen LogP contribution in [0.25, 0.3) is 89.0 Å². The third kappa shape index (κ3) is 4.61. The molecule has 0 atom stereocenters. The van der Waals surface area contributed by atoms with Crippen LogP contribution < -0.4 is 10.4 Å². The van der Waals surface area contributed by atoms with Gasteiger partial charge in [0.25, 0.3) is 0 Å². The van der Waals surface area contributed by atoms with Crippen molar-refractivity contribution in [3.05, 3.63) is 167 Å². The zero-order valence-electron chi connectivity index (χ0n) is 28.9. The maximum Gasteiger partial charge on any atom is 0.136 e. The Bertz CT molecular complexity index is 2860. The average molecular weight is 643 g/mol. The van der Waals surface area contributed by atoms with Gasteiger partial charge in [-0.15, -0.1) is 0 Å². The first-order valence-electron chi connectivity index (χ1n) is 17.6. The summed E-state index contributed by atoms with van der Waals surface area (Å²) in [5.74, 6) is 0. The number of benzene rings is 6. The zero-order valence-corrected chi connectivity index (χ0v) is 28.9. The molecule has 0 aliphatic heterocycles. The van der Waals surface area contributed by atoms with E-state index in [-0.39, 0.29) is 5.41 Å². The fourth-order valence-corrected chi connectivity index (χ4v) is 8.36. The van der Waals surface area contributed by atoms with Crippen molar-refractivity contribution in [3.63, 3.8) is 0 Å². The Morgan fingerprint density at radius 2 is 1.06 bits per heavy atom. The summed E-state index contributed by atoms with van der Waals surface area (Å²) in [6.45, 7) is 9.05. The van der Waals surface area contributed by atoms with Crippen LogP contribution >= 0.6 is 0 Å². The summed E-state index contributed by atoms with van der Waals surface area (Å²) < 4.78 is 6.30. The molecule has 1 aliphatic carbocycles. The van der Waals surface area contributed by atoms with Gasteiger partial charge in [0.05, 0.1) is 0 Å². The molecule has 0 N–H and O–H groups in total. The van der Waals surface area contributed by atoms with E-state index in [0.29, 0.717) is 0 Å². The Labute approximate surface area is 292 Å². The molecule has 0 saturated carbocycles. The summed E-state index contributed by atoms with van der Waals surface area (Å²) >= 11 is 0. The van der Waals surface area contributed by atoms with E-state index in [2.05, 4.69) is 179 Å². The summed E-state index contributed by atoms with van der Waals surface area (Å²) in [6.07, 6.45) is 4.54. The smallest absolute Gasteiger partial charge is 0.136 e. The molecular formula is C49H38O. The lowest BCUT2D eigenvalue weighted by Gasteiger charge is -2.22. The summed E-state index contributed by atoms with van der Waals surface area (Å²) in [6, 6.07) is 53.2. The molecule has 9 rings (SSSR count). The molecule has 240 valence electrons. The standard InChI is InChI=1S/C49H38O/c1-5-35-36(6-2)39(40-22-15-17-31-16-11-12-19-37(31)40)20-10-8-7-9-18-38(35)32-24-25-45-42(26-32)43-27-34-30-48-44(41-21-13-14-23-47(41)50-48)28-33(34)29-46(43)49(45,3)4/h5-30H,1-4H3/b9-7?,10-8?,35-5+,36-6+,38-18?,39-20?. The van der Waals surface area contributed by atoms with Crippen LogP contribution in [0.1, 0.15) is 38.8 Å². The molecular weight excluding hydrogens is 605 g/mol. The van der Waals surface area contributed by atoms with Crippen LogP contribution in [-0.2, 0) is 5.41 Å². The normalized spacial score (nSPS) is 14.0. The minimum absolute atomic E-state index is 0.123. The first kappa shape index (κ1) is 30.2. The first-order valence-corrected chi connectivity index (χ1v) is 17.6. The van der Waals surface area contributed by atoms with Gasteiger partial charge in [-0.25, -0.2) is 0 Å². The Balaban J connectivity index is 1.29. The minimum Gasteiger partial charge on any atom is -0.456 e. The first-order chi connectivity index (χ1) is 24.5. The lowest BCUT2D eigenvalue weighted by molar-refractivity contribution is 0.661. The van der Waals surface area contributed by atoms with E-state index in [1.165, 1.54) is 87.3 Å². The van der Waals surface area contributed by atoms with Crippen molar-refractivity contribution in [2.75, 3.05) is 0 Å². The van der Waals surface area contributed by atoms with Gasteiger partial charge in [0.1, 0.15) is 11.2 Å². The van der Waals surface area contributed by atoms with Gasteiger partial charge in [-0.1, -0.05) is 135 Å². The molecule has 0 unspecified atom stereocenters. The zero-order chi connectivity index (χ0) is 34.0. The summed E-state index contributed by atoms with van der Waals surface area (Å²) in [5.41, 5.74) is 12.0. The molecule has 0 bridgehead atoms. The molecule has 0 spiro atoms. The van der Waals surface area contributed by atoms with Gasteiger partial charge >= 0.3 is 0 Å². The fourth-order valence-electron chi connectivity index (χ4n) is 8.36. The second-order valence-electron chi connectivity index (χ2n) is 13.9. The van der Waals surface area contributed by atoms with Crippen LogP contribution in [0.3, 0.4) is 0 Å². The molecule has 0 radical (unpaired) electrons. The van der Waals surface area contributed by atoms with E-state index >= 15 is 0 Å². The monoisotopic (exact) mass is 642 g/mol. The number of para-hydroxylation sites is 1. The Morgan fingerprint density at radius 1 is 0.420 bits per heavy atom. The molecule has 1 heterocycles. The second-order valence-corrected chi connectivity index (χ2v) is 13.9. The molecule has 50 heavy (non-hydrogen) atoms. The van der Waals surface area contributed by atoms with Crippen molar-refractivity contribution in [3.8, 4) is 33.4 Å². The van der Waals surface area contributed by atoms with Crippen molar-refractivity contribution in [2.45, 2.75) is 33.1 Å². The number of furan rings is 1. The third-order valence-corrected chi connectivity index (χ3v) is 10.8. The van der Waals surface area contributed by atoms with Gasteiger partial charge in [-0.3, -0.25) is 0 Å². The van der Waals surface area contributed by atoms with Gasteiger partial charge in [0.2, 0.25) is 0 Å².